The van der Waals surface area contributed by atoms with Crippen molar-refractivity contribution < 1.29 is 9.53 Å². The number of carbonyl (C=O) groups excluding carboxylic acids is 1. The lowest BCUT2D eigenvalue weighted by Crippen LogP contribution is -2.27. The molecule has 5 nitrogen and oxygen atoms in total. The highest BCUT2D eigenvalue weighted by Crippen LogP contribution is 2.19. The first-order valence-electron chi connectivity index (χ1n) is 10.5. The van der Waals surface area contributed by atoms with Gasteiger partial charge in [-0.25, -0.2) is 4.98 Å². The van der Waals surface area contributed by atoms with Crippen molar-refractivity contribution in [3.63, 3.8) is 0 Å². The summed E-state index contributed by atoms with van der Waals surface area (Å²) in [6.07, 6.45) is 1.36. The first kappa shape index (κ1) is 22.8. The molecule has 0 saturated carbocycles. The summed E-state index contributed by atoms with van der Waals surface area (Å²) in [5.41, 5.74) is 2.50. The van der Waals surface area contributed by atoms with Gasteiger partial charge >= 0.3 is 0 Å². The highest BCUT2D eigenvalue weighted by molar-refractivity contribution is 6.30. The van der Waals surface area contributed by atoms with Gasteiger partial charge in [-0.15, -0.1) is 0 Å². The van der Waals surface area contributed by atoms with E-state index in [1.807, 2.05) is 50.2 Å². The molecule has 1 atom stereocenters. The first-order valence-corrected chi connectivity index (χ1v) is 10.8. The Labute approximate surface area is 187 Å². The number of rotatable bonds is 9. The molecule has 3 rings (SSSR count). The van der Waals surface area contributed by atoms with Gasteiger partial charge in [0.1, 0.15) is 24.0 Å². The maximum Gasteiger partial charge on any atom is 0.254 e. The highest BCUT2D eigenvalue weighted by atomic mass is 35.5. The van der Waals surface area contributed by atoms with Gasteiger partial charge < -0.3 is 4.74 Å². The molecule has 0 saturated heterocycles. The zero-order valence-corrected chi connectivity index (χ0v) is 18.9. The van der Waals surface area contributed by atoms with Gasteiger partial charge in [0.15, 0.2) is 0 Å². The molecule has 0 aliphatic heterocycles. The maximum absolute atomic E-state index is 12.7. The molecule has 1 unspecified atom stereocenters. The van der Waals surface area contributed by atoms with E-state index in [9.17, 15) is 9.59 Å². The fraction of sp³-hybridized carbons (Fsp3) is 0.320. The summed E-state index contributed by atoms with van der Waals surface area (Å²) >= 11 is 5.95. The molecule has 3 aromatic rings. The lowest BCUT2D eigenvalue weighted by atomic mass is 9.98. The van der Waals surface area contributed by atoms with Crippen molar-refractivity contribution in [2.75, 3.05) is 6.61 Å². The van der Waals surface area contributed by atoms with Gasteiger partial charge in [-0.1, -0.05) is 49.7 Å². The molecule has 6 heteroatoms. The van der Waals surface area contributed by atoms with E-state index in [0.717, 1.165) is 29.1 Å². The number of ether oxygens (including phenoxy) is 1. The minimum Gasteiger partial charge on any atom is -0.492 e. The number of aromatic nitrogens is 2. The third-order valence-electron chi connectivity index (χ3n) is 5.29. The van der Waals surface area contributed by atoms with Crippen LogP contribution < -0.4 is 10.3 Å². The van der Waals surface area contributed by atoms with Crippen molar-refractivity contribution in [1.29, 1.82) is 0 Å². The van der Waals surface area contributed by atoms with Gasteiger partial charge in [-0.3, -0.25) is 14.2 Å². The second kappa shape index (κ2) is 10.4. The Kier molecular flexibility index (Phi) is 7.64. The van der Waals surface area contributed by atoms with Crippen LogP contribution in [0.5, 0.6) is 5.75 Å². The molecule has 0 bridgehead atoms. The van der Waals surface area contributed by atoms with Crippen LogP contribution in [0, 0.1) is 5.92 Å². The van der Waals surface area contributed by atoms with Crippen LogP contribution in [-0.2, 0) is 24.2 Å². The molecule has 0 amide bonds. The first-order chi connectivity index (χ1) is 14.9. The molecule has 31 heavy (non-hydrogen) atoms. The third kappa shape index (κ3) is 6.05. The summed E-state index contributed by atoms with van der Waals surface area (Å²) in [6.45, 7) is 6.30. The number of ketones is 1. The fourth-order valence-corrected chi connectivity index (χ4v) is 3.43. The predicted octanol–water partition coefficient (Wildman–Crippen LogP) is 4.97. The summed E-state index contributed by atoms with van der Waals surface area (Å²) in [5, 5.41) is 0.645. The van der Waals surface area contributed by atoms with Crippen molar-refractivity contribution in [1.82, 2.24) is 9.55 Å². The van der Waals surface area contributed by atoms with Crippen molar-refractivity contribution in [3.8, 4) is 17.0 Å². The Balaban J connectivity index is 1.65. The number of Topliss-reactive ketones (excluding diaryl/α,β-unsaturated/α-hetero) is 1. The lowest BCUT2D eigenvalue weighted by Gasteiger charge is -2.14. The number of carbonyl (C=O) groups is 1. The van der Waals surface area contributed by atoms with Crippen molar-refractivity contribution in [2.45, 2.75) is 40.2 Å². The van der Waals surface area contributed by atoms with Gasteiger partial charge in [-0.05, 0) is 43.2 Å². The van der Waals surface area contributed by atoms with Gasteiger partial charge in [0.05, 0.1) is 12.2 Å². The summed E-state index contributed by atoms with van der Waals surface area (Å²) in [5.74, 6) is 1.65. The fourth-order valence-electron chi connectivity index (χ4n) is 3.31. The van der Waals surface area contributed by atoms with Gasteiger partial charge in [0.25, 0.3) is 5.56 Å². The quantitative estimate of drug-likeness (QED) is 0.473. The van der Waals surface area contributed by atoms with Crippen LogP contribution in [0.4, 0.5) is 0 Å². The summed E-state index contributed by atoms with van der Waals surface area (Å²) in [7, 11) is 0. The van der Waals surface area contributed by atoms with Crippen LogP contribution in [0.25, 0.3) is 11.3 Å². The van der Waals surface area contributed by atoms with E-state index < -0.39 is 0 Å². The highest BCUT2D eigenvalue weighted by Gasteiger charge is 2.10. The van der Waals surface area contributed by atoms with Crippen molar-refractivity contribution in [2.24, 2.45) is 5.92 Å². The maximum atomic E-state index is 12.7. The van der Waals surface area contributed by atoms with E-state index in [1.165, 1.54) is 0 Å². The standard InChI is InChI=1S/C25H27ClN2O3/c1-4-24-27-23(20-7-9-21(26)10-8-20)16-25(30)28(24)13-14-31-22-11-5-19(6-12-22)15-17(2)18(3)29/h5-12,16-17H,4,13-15H2,1-3H3. The molecule has 0 spiro atoms. The topological polar surface area (TPSA) is 61.2 Å². The molecule has 0 aliphatic rings. The van der Waals surface area contributed by atoms with E-state index in [0.29, 0.717) is 30.3 Å². The van der Waals surface area contributed by atoms with Crippen LogP contribution in [0.2, 0.25) is 5.02 Å². The Morgan fingerprint density at radius 3 is 2.42 bits per heavy atom. The zero-order valence-electron chi connectivity index (χ0n) is 18.1. The number of hydrogen-bond donors (Lipinski definition) is 0. The minimum absolute atomic E-state index is 0.00875. The number of nitrogens with zero attached hydrogens (tertiary/aromatic N) is 2. The number of aryl methyl sites for hydroxylation is 1. The SMILES string of the molecule is CCc1nc(-c2ccc(Cl)cc2)cc(=O)n1CCOc1ccc(CC(C)C(C)=O)cc1. The van der Waals surface area contributed by atoms with Crippen LogP contribution in [0.3, 0.4) is 0 Å². The van der Waals surface area contributed by atoms with Gasteiger partial charge in [0, 0.05) is 29.0 Å². The Morgan fingerprint density at radius 2 is 1.81 bits per heavy atom. The Bertz CT molecular complexity index is 1090. The molecule has 0 N–H and O–H groups in total. The molecule has 162 valence electrons. The zero-order chi connectivity index (χ0) is 22.4. The van der Waals surface area contributed by atoms with Crippen LogP contribution in [-0.4, -0.2) is 21.9 Å². The summed E-state index contributed by atoms with van der Waals surface area (Å²) < 4.78 is 7.49. The van der Waals surface area contributed by atoms with E-state index in [-0.39, 0.29) is 17.3 Å². The molecule has 2 aromatic carbocycles. The molecule has 0 fully saturated rings. The van der Waals surface area contributed by atoms with Gasteiger partial charge in [0.2, 0.25) is 0 Å². The van der Waals surface area contributed by atoms with E-state index in [1.54, 1.807) is 29.7 Å². The number of hydrogen-bond acceptors (Lipinski definition) is 4. The molecular formula is C25H27ClN2O3. The molecular weight excluding hydrogens is 412 g/mol. The van der Waals surface area contributed by atoms with Crippen molar-refractivity contribution in [3.05, 3.63) is 81.4 Å². The van der Waals surface area contributed by atoms with Crippen LogP contribution in [0.15, 0.2) is 59.4 Å². The second-order valence-corrected chi connectivity index (χ2v) is 8.05. The second-order valence-electron chi connectivity index (χ2n) is 7.62. The smallest absolute Gasteiger partial charge is 0.254 e. The monoisotopic (exact) mass is 438 g/mol. The summed E-state index contributed by atoms with van der Waals surface area (Å²) in [6, 6.07) is 16.6. The average Bonchev–Trinajstić information content (AvgIpc) is 2.76. The van der Waals surface area contributed by atoms with Crippen molar-refractivity contribution >= 4 is 17.4 Å². The van der Waals surface area contributed by atoms with E-state index in [2.05, 4.69) is 4.98 Å². The largest absolute Gasteiger partial charge is 0.492 e. The van der Waals surface area contributed by atoms with E-state index >= 15 is 0 Å². The third-order valence-corrected chi connectivity index (χ3v) is 5.54. The molecule has 0 radical (unpaired) electrons. The molecule has 1 heterocycles. The average molecular weight is 439 g/mol. The Morgan fingerprint density at radius 1 is 1.13 bits per heavy atom. The minimum atomic E-state index is -0.103. The van der Waals surface area contributed by atoms with Crippen LogP contribution in [0.1, 0.15) is 32.2 Å². The summed E-state index contributed by atoms with van der Waals surface area (Å²) in [4.78, 5) is 28.8. The predicted molar refractivity (Wildman–Crippen MR) is 124 cm³/mol. The van der Waals surface area contributed by atoms with Crippen LogP contribution >= 0.6 is 11.6 Å². The molecule has 0 aliphatic carbocycles. The Hall–Kier alpha value is -2.92. The van der Waals surface area contributed by atoms with Gasteiger partial charge in [-0.2, -0.15) is 0 Å². The number of halogens is 1. The lowest BCUT2D eigenvalue weighted by molar-refractivity contribution is -0.120. The molecule has 1 aromatic heterocycles. The normalized spacial score (nSPS) is 11.9. The number of benzene rings is 2. The van der Waals surface area contributed by atoms with E-state index in [4.69, 9.17) is 16.3 Å².